The summed E-state index contributed by atoms with van der Waals surface area (Å²) in [5.74, 6) is 0. The first-order chi connectivity index (χ1) is 7.35. The lowest BCUT2D eigenvalue weighted by molar-refractivity contribution is -0.209. The first-order valence-corrected chi connectivity index (χ1v) is 5.13. The highest BCUT2D eigenvalue weighted by atomic mass is 19.1. The summed E-state index contributed by atoms with van der Waals surface area (Å²) in [5, 5.41) is 0. The number of ether oxygens (including phenoxy) is 3. The lowest BCUT2D eigenvalue weighted by atomic mass is 10.2. The van der Waals surface area contributed by atoms with E-state index in [0.29, 0.717) is 0 Å². The third-order valence-electron chi connectivity index (χ3n) is 2.01. The smallest absolute Gasteiger partial charge is 0.412 e. The lowest BCUT2D eigenvalue weighted by Crippen LogP contribution is -2.54. The van der Waals surface area contributed by atoms with Gasteiger partial charge in [0.1, 0.15) is 5.60 Å². The minimum Gasteiger partial charge on any atom is -0.444 e. The van der Waals surface area contributed by atoms with Gasteiger partial charge in [-0.2, -0.15) is 0 Å². The summed E-state index contributed by atoms with van der Waals surface area (Å²) in [6.07, 6.45) is -3.26. The Morgan fingerprint density at radius 3 is 2.62 bits per heavy atom. The number of hydrogen-bond acceptors (Lipinski definition) is 4. The van der Waals surface area contributed by atoms with Crippen LogP contribution in [0.25, 0.3) is 0 Å². The molecule has 0 saturated carbocycles. The van der Waals surface area contributed by atoms with Gasteiger partial charge in [-0.25, -0.2) is 9.18 Å². The highest BCUT2D eigenvalue weighted by Gasteiger charge is 2.37. The maximum atomic E-state index is 13.3. The first-order valence-electron chi connectivity index (χ1n) is 5.13. The molecule has 0 aromatic carbocycles. The molecular weight excluding hydrogens is 217 g/mol. The van der Waals surface area contributed by atoms with Gasteiger partial charge in [0, 0.05) is 7.11 Å². The van der Waals surface area contributed by atoms with Crippen LogP contribution in [0.15, 0.2) is 0 Å². The van der Waals surface area contributed by atoms with Crippen molar-refractivity contribution in [1.82, 2.24) is 4.90 Å². The number of amides is 1. The fourth-order valence-electron chi connectivity index (χ4n) is 1.36. The van der Waals surface area contributed by atoms with Gasteiger partial charge in [-0.1, -0.05) is 0 Å². The zero-order valence-corrected chi connectivity index (χ0v) is 10.0. The number of rotatable bonds is 1. The zero-order valence-electron chi connectivity index (χ0n) is 10.0. The van der Waals surface area contributed by atoms with Crippen molar-refractivity contribution in [2.75, 3.05) is 20.3 Å². The summed E-state index contributed by atoms with van der Waals surface area (Å²) < 4.78 is 28.1. The molecule has 6 heteroatoms. The van der Waals surface area contributed by atoms with Gasteiger partial charge in [-0.3, -0.25) is 4.90 Å². The SMILES string of the molecule is COC1C(F)OCCN1C(=O)OC(C)(C)C. The second kappa shape index (κ2) is 4.97. The van der Waals surface area contributed by atoms with Gasteiger partial charge < -0.3 is 14.2 Å². The minimum absolute atomic E-state index is 0.139. The Bertz CT molecular complexity index is 254. The fourth-order valence-corrected chi connectivity index (χ4v) is 1.36. The molecule has 0 radical (unpaired) electrons. The standard InChI is InChI=1S/C10H18FNO4/c1-10(2,3)16-9(13)12-5-6-15-7(11)8(12)14-4/h7-8H,5-6H2,1-4H3. The van der Waals surface area contributed by atoms with E-state index in [4.69, 9.17) is 14.2 Å². The van der Waals surface area contributed by atoms with Crippen molar-refractivity contribution in [2.24, 2.45) is 0 Å². The van der Waals surface area contributed by atoms with E-state index in [2.05, 4.69) is 0 Å². The molecule has 1 fully saturated rings. The van der Waals surface area contributed by atoms with Crippen LogP contribution in [0.2, 0.25) is 0 Å². The normalized spacial score (nSPS) is 26.7. The van der Waals surface area contributed by atoms with Crippen LogP contribution >= 0.6 is 0 Å². The van der Waals surface area contributed by atoms with Crippen molar-refractivity contribution in [3.05, 3.63) is 0 Å². The average Bonchev–Trinajstić information content (AvgIpc) is 2.14. The second-order valence-electron chi connectivity index (χ2n) is 4.52. The van der Waals surface area contributed by atoms with Gasteiger partial charge >= 0.3 is 6.09 Å². The molecule has 1 aliphatic heterocycles. The predicted octanol–water partition coefficient (Wildman–Crippen LogP) is 1.52. The third kappa shape index (κ3) is 3.31. The summed E-state index contributed by atoms with van der Waals surface area (Å²) in [6, 6.07) is 0. The van der Waals surface area contributed by atoms with Gasteiger partial charge in [0.15, 0.2) is 6.23 Å². The summed E-state index contributed by atoms with van der Waals surface area (Å²) >= 11 is 0. The molecule has 2 atom stereocenters. The van der Waals surface area contributed by atoms with Crippen molar-refractivity contribution < 1.29 is 23.4 Å². The van der Waals surface area contributed by atoms with E-state index in [0.717, 1.165) is 0 Å². The Kier molecular flexibility index (Phi) is 4.09. The Morgan fingerprint density at radius 1 is 1.50 bits per heavy atom. The lowest BCUT2D eigenvalue weighted by Gasteiger charge is -2.37. The second-order valence-corrected chi connectivity index (χ2v) is 4.52. The topological polar surface area (TPSA) is 48.0 Å². The summed E-state index contributed by atoms with van der Waals surface area (Å²) in [5.41, 5.74) is -0.612. The Labute approximate surface area is 94.4 Å². The van der Waals surface area contributed by atoms with E-state index in [-0.39, 0.29) is 13.2 Å². The molecule has 94 valence electrons. The molecule has 0 aromatic heterocycles. The fraction of sp³-hybridized carbons (Fsp3) is 0.900. The predicted molar refractivity (Wildman–Crippen MR) is 54.6 cm³/mol. The van der Waals surface area contributed by atoms with Crippen LogP contribution in [-0.2, 0) is 14.2 Å². The highest BCUT2D eigenvalue weighted by molar-refractivity contribution is 5.68. The van der Waals surface area contributed by atoms with Crippen molar-refractivity contribution in [2.45, 2.75) is 39.0 Å². The number of carbonyl (C=O) groups is 1. The summed E-state index contributed by atoms with van der Waals surface area (Å²) in [6.45, 7) is 5.65. The first kappa shape index (κ1) is 13.2. The molecule has 1 saturated heterocycles. The molecule has 0 bridgehead atoms. The van der Waals surface area contributed by atoms with Gasteiger partial charge in [0.2, 0.25) is 6.36 Å². The molecule has 1 heterocycles. The largest absolute Gasteiger partial charge is 0.444 e. The molecule has 1 rings (SSSR count). The van der Waals surface area contributed by atoms with E-state index >= 15 is 0 Å². The molecule has 0 aromatic rings. The maximum absolute atomic E-state index is 13.3. The van der Waals surface area contributed by atoms with Gasteiger partial charge in [-0.15, -0.1) is 0 Å². The van der Waals surface area contributed by atoms with E-state index in [1.54, 1.807) is 20.8 Å². The molecular formula is C10H18FNO4. The third-order valence-corrected chi connectivity index (χ3v) is 2.01. The number of alkyl halides is 1. The zero-order chi connectivity index (χ0) is 12.3. The van der Waals surface area contributed by atoms with E-state index in [9.17, 15) is 9.18 Å². The van der Waals surface area contributed by atoms with Crippen molar-refractivity contribution in [3.8, 4) is 0 Å². The number of nitrogens with zero attached hydrogens (tertiary/aromatic N) is 1. The van der Waals surface area contributed by atoms with Crippen LogP contribution < -0.4 is 0 Å². The molecule has 1 aliphatic rings. The van der Waals surface area contributed by atoms with E-state index in [1.807, 2.05) is 0 Å². The van der Waals surface area contributed by atoms with Crippen molar-refractivity contribution >= 4 is 6.09 Å². The molecule has 5 nitrogen and oxygen atoms in total. The molecule has 16 heavy (non-hydrogen) atoms. The van der Waals surface area contributed by atoms with E-state index < -0.39 is 24.3 Å². The van der Waals surface area contributed by atoms with Gasteiger partial charge in [-0.05, 0) is 20.8 Å². The van der Waals surface area contributed by atoms with Crippen LogP contribution in [0.5, 0.6) is 0 Å². The molecule has 0 spiro atoms. The average molecular weight is 235 g/mol. The van der Waals surface area contributed by atoms with Crippen molar-refractivity contribution in [3.63, 3.8) is 0 Å². The van der Waals surface area contributed by atoms with E-state index in [1.165, 1.54) is 12.0 Å². The van der Waals surface area contributed by atoms with Crippen LogP contribution in [0.4, 0.5) is 9.18 Å². The summed E-state index contributed by atoms with van der Waals surface area (Å²) in [7, 11) is 1.32. The Hall–Kier alpha value is -0.880. The summed E-state index contributed by atoms with van der Waals surface area (Å²) in [4.78, 5) is 12.9. The number of morpholine rings is 1. The molecule has 0 N–H and O–H groups in total. The highest BCUT2D eigenvalue weighted by Crippen LogP contribution is 2.19. The van der Waals surface area contributed by atoms with Crippen LogP contribution in [0, 0.1) is 0 Å². The number of hydrogen-bond donors (Lipinski definition) is 0. The minimum atomic E-state index is -1.63. The number of halogens is 1. The van der Waals surface area contributed by atoms with Crippen LogP contribution in [0.1, 0.15) is 20.8 Å². The number of carbonyl (C=O) groups excluding carboxylic acids is 1. The molecule has 1 amide bonds. The van der Waals surface area contributed by atoms with Crippen molar-refractivity contribution in [1.29, 1.82) is 0 Å². The van der Waals surface area contributed by atoms with Gasteiger partial charge in [0.25, 0.3) is 0 Å². The van der Waals surface area contributed by atoms with Gasteiger partial charge in [0.05, 0.1) is 13.2 Å². The van der Waals surface area contributed by atoms with Crippen LogP contribution in [-0.4, -0.2) is 49.4 Å². The Balaban J connectivity index is 2.66. The quantitative estimate of drug-likeness (QED) is 0.691. The monoisotopic (exact) mass is 235 g/mol. The Morgan fingerprint density at radius 2 is 2.12 bits per heavy atom. The number of methoxy groups -OCH3 is 1. The maximum Gasteiger partial charge on any atom is 0.412 e. The van der Waals surface area contributed by atoms with Crippen LogP contribution in [0.3, 0.4) is 0 Å². The molecule has 0 aliphatic carbocycles. The molecule has 2 unspecified atom stereocenters.